The van der Waals surface area contributed by atoms with E-state index in [1.807, 2.05) is 20.8 Å². The molecule has 0 bridgehead atoms. The van der Waals surface area contributed by atoms with Crippen molar-refractivity contribution in [3.63, 3.8) is 0 Å². The van der Waals surface area contributed by atoms with Gasteiger partial charge >= 0.3 is 0 Å². The van der Waals surface area contributed by atoms with Crippen LogP contribution in [-0.4, -0.2) is 28.0 Å². The van der Waals surface area contributed by atoms with E-state index in [0.29, 0.717) is 18.7 Å². The third-order valence-electron chi connectivity index (χ3n) is 2.20. The van der Waals surface area contributed by atoms with Gasteiger partial charge in [0, 0.05) is 13.2 Å². The maximum atomic E-state index is 11.9. The number of aliphatic hydroxyl groups excluding tert-OH is 1. The van der Waals surface area contributed by atoms with E-state index in [-0.39, 0.29) is 17.2 Å². The first kappa shape index (κ1) is 14.0. The van der Waals surface area contributed by atoms with E-state index in [2.05, 4.69) is 10.4 Å². The largest absolute Gasteiger partial charge is 0.396 e. The van der Waals surface area contributed by atoms with E-state index in [4.69, 9.17) is 16.7 Å². The summed E-state index contributed by atoms with van der Waals surface area (Å²) < 4.78 is 1.35. The monoisotopic (exact) mass is 259 g/mol. The van der Waals surface area contributed by atoms with Crippen LogP contribution in [0.15, 0.2) is 11.0 Å². The fourth-order valence-electron chi connectivity index (χ4n) is 1.34. The zero-order valence-electron chi connectivity index (χ0n) is 10.3. The van der Waals surface area contributed by atoms with Gasteiger partial charge in [-0.3, -0.25) is 4.79 Å². The Hall–Kier alpha value is -1.07. The van der Waals surface area contributed by atoms with Crippen molar-refractivity contribution in [2.45, 2.75) is 32.7 Å². The highest BCUT2D eigenvalue weighted by Gasteiger charge is 2.19. The summed E-state index contributed by atoms with van der Waals surface area (Å²) in [5, 5.41) is 15.8. The van der Waals surface area contributed by atoms with Gasteiger partial charge < -0.3 is 10.4 Å². The first-order valence-corrected chi connectivity index (χ1v) is 5.88. The normalized spacial score (nSPS) is 11.6. The summed E-state index contributed by atoms with van der Waals surface area (Å²) in [6.07, 6.45) is 2.13. The highest BCUT2D eigenvalue weighted by atomic mass is 35.5. The molecule has 0 radical (unpaired) electrons. The minimum atomic E-state index is -0.398. The van der Waals surface area contributed by atoms with Crippen LogP contribution in [0.5, 0.6) is 0 Å². The molecule has 0 aliphatic rings. The SMILES string of the molecule is CC(C)(C)n1ncc(NCCCO)c(Cl)c1=O. The molecule has 6 heteroatoms. The molecule has 0 unspecified atom stereocenters. The summed E-state index contributed by atoms with van der Waals surface area (Å²) in [6, 6.07) is 0. The maximum Gasteiger partial charge on any atom is 0.288 e. The molecule has 17 heavy (non-hydrogen) atoms. The standard InChI is InChI=1S/C11H18ClN3O2/c1-11(2,3)15-10(17)9(12)8(7-14-15)13-5-4-6-16/h7,13,16H,4-6H2,1-3H3. The van der Waals surface area contributed by atoms with Crippen LogP contribution < -0.4 is 10.9 Å². The lowest BCUT2D eigenvalue weighted by Crippen LogP contribution is -2.36. The third kappa shape index (κ3) is 3.44. The molecule has 0 aromatic carbocycles. The zero-order valence-corrected chi connectivity index (χ0v) is 11.1. The Morgan fingerprint density at radius 2 is 2.18 bits per heavy atom. The van der Waals surface area contributed by atoms with Crippen LogP contribution in [0, 0.1) is 0 Å². The van der Waals surface area contributed by atoms with E-state index in [1.165, 1.54) is 10.9 Å². The summed E-state index contributed by atoms with van der Waals surface area (Å²) in [7, 11) is 0. The number of halogens is 1. The van der Waals surface area contributed by atoms with Crippen molar-refractivity contribution in [3.05, 3.63) is 21.6 Å². The highest BCUT2D eigenvalue weighted by molar-refractivity contribution is 6.32. The molecule has 1 heterocycles. The molecule has 1 aromatic rings. The van der Waals surface area contributed by atoms with Crippen molar-refractivity contribution in [2.24, 2.45) is 0 Å². The Labute approximate surface area is 105 Å². The van der Waals surface area contributed by atoms with Gasteiger partial charge in [0.1, 0.15) is 5.02 Å². The van der Waals surface area contributed by atoms with E-state index >= 15 is 0 Å². The first-order chi connectivity index (χ1) is 7.88. The number of anilines is 1. The smallest absolute Gasteiger partial charge is 0.288 e. The lowest BCUT2D eigenvalue weighted by atomic mass is 10.1. The lowest BCUT2D eigenvalue weighted by molar-refractivity contribution is 0.292. The molecule has 1 rings (SSSR count). The summed E-state index contributed by atoms with van der Waals surface area (Å²) in [5.74, 6) is 0. The van der Waals surface area contributed by atoms with Crippen LogP contribution in [-0.2, 0) is 5.54 Å². The number of hydrogen-bond acceptors (Lipinski definition) is 4. The fourth-order valence-corrected chi connectivity index (χ4v) is 1.53. The summed E-state index contributed by atoms with van der Waals surface area (Å²) in [5.41, 5.74) is -0.205. The van der Waals surface area contributed by atoms with Crippen LogP contribution in [0.3, 0.4) is 0 Å². The number of nitrogens with one attached hydrogen (secondary N) is 1. The summed E-state index contributed by atoms with van der Waals surface area (Å²) in [6.45, 7) is 6.30. The Bertz CT molecular complexity index is 437. The number of hydrogen-bond donors (Lipinski definition) is 2. The second kappa shape index (κ2) is 5.51. The van der Waals surface area contributed by atoms with Crippen LogP contribution >= 0.6 is 11.6 Å². The minimum Gasteiger partial charge on any atom is -0.396 e. The maximum absolute atomic E-state index is 11.9. The molecule has 96 valence electrons. The van der Waals surface area contributed by atoms with Crippen LogP contribution in [0.2, 0.25) is 5.02 Å². The number of aromatic nitrogens is 2. The molecule has 0 aliphatic heterocycles. The molecule has 0 spiro atoms. The van der Waals surface area contributed by atoms with Gasteiger partial charge in [0.15, 0.2) is 0 Å². The molecular formula is C11H18ClN3O2. The Morgan fingerprint density at radius 1 is 1.53 bits per heavy atom. The predicted octanol–water partition coefficient (Wildman–Crippen LogP) is 1.45. The van der Waals surface area contributed by atoms with E-state index < -0.39 is 5.54 Å². The Morgan fingerprint density at radius 3 is 2.71 bits per heavy atom. The average molecular weight is 260 g/mol. The van der Waals surface area contributed by atoms with Gasteiger partial charge in [-0.2, -0.15) is 5.10 Å². The molecule has 0 atom stereocenters. The molecule has 0 saturated carbocycles. The molecule has 5 nitrogen and oxygen atoms in total. The predicted molar refractivity (Wildman–Crippen MR) is 68.7 cm³/mol. The quantitative estimate of drug-likeness (QED) is 0.803. The van der Waals surface area contributed by atoms with Gasteiger partial charge in [-0.25, -0.2) is 4.68 Å². The van der Waals surface area contributed by atoms with Crippen molar-refractivity contribution in [1.82, 2.24) is 9.78 Å². The highest BCUT2D eigenvalue weighted by Crippen LogP contribution is 2.18. The average Bonchev–Trinajstić information content (AvgIpc) is 2.23. The van der Waals surface area contributed by atoms with Crippen molar-refractivity contribution in [1.29, 1.82) is 0 Å². The van der Waals surface area contributed by atoms with E-state index in [0.717, 1.165) is 0 Å². The zero-order chi connectivity index (χ0) is 13.1. The van der Waals surface area contributed by atoms with Crippen LogP contribution in [0.1, 0.15) is 27.2 Å². The van der Waals surface area contributed by atoms with Gasteiger partial charge in [0.2, 0.25) is 0 Å². The summed E-state index contributed by atoms with van der Waals surface area (Å²) >= 11 is 5.99. The van der Waals surface area contributed by atoms with E-state index in [9.17, 15) is 4.79 Å². The number of rotatable bonds is 4. The molecule has 0 aliphatic carbocycles. The number of nitrogens with zero attached hydrogens (tertiary/aromatic N) is 2. The molecule has 0 saturated heterocycles. The molecule has 0 fully saturated rings. The van der Waals surface area contributed by atoms with Crippen LogP contribution in [0.4, 0.5) is 5.69 Å². The van der Waals surface area contributed by atoms with Crippen molar-refractivity contribution in [2.75, 3.05) is 18.5 Å². The second-order valence-electron chi connectivity index (χ2n) is 4.76. The van der Waals surface area contributed by atoms with Gasteiger partial charge in [-0.05, 0) is 27.2 Å². The Kier molecular flexibility index (Phi) is 4.54. The number of aliphatic hydroxyl groups is 1. The third-order valence-corrected chi connectivity index (χ3v) is 2.57. The van der Waals surface area contributed by atoms with Crippen molar-refractivity contribution in [3.8, 4) is 0 Å². The molecular weight excluding hydrogens is 242 g/mol. The van der Waals surface area contributed by atoms with Gasteiger partial charge in [0.05, 0.1) is 17.4 Å². The molecule has 0 amide bonds. The fraction of sp³-hybridized carbons (Fsp3) is 0.636. The Balaban J connectivity index is 2.99. The molecule has 1 aromatic heterocycles. The van der Waals surface area contributed by atoms with Crippen molar-refractivity contribution >= 4 is 17.3 Å². The van der Waals surface area contributed by atoms with Crippen molar-refractivity contribution < 1.29 is 5.11 Å². The van der Waals surface area contributed by atoms with Gasteiger partial charge in [-0.1, -0.05) is 11.6 Å². The molecule has 2 N–H and O–H groups in total. The van der Waals surface area contributed by atoms with Gasteiger partial charge in [0.25, 0.3) is 5.56 Å². The lowest BCUT2D eigenvalue weighted by Gasteiger charge is -2.21. The van der Waals surface area contributed by atoms with Gasteiger partial charge in [-0.15, -0.1) is 0 Å². The second-order valence-corrected chi connectivity index (χ2v) is 5.14. The topological polar surface area (TPSA) is 67.2 Å². The van der Waals surface area contributed by atoms with Crippen LogP contribution in [0.25, 0.3) is 0 Å². The minimum absolute atomic E-state index is 0.0943. The summed E-state index contributed by atoms with van der Waals surface area (Å²) in [4.78, 5) is 11.9. The first-order valence-electron chi connectivity index (χ1n) is 5.51. The van der Waals surface area contributed by atoms with E-state index in [1.54, 1.807) is 0 Å².